The quantitative estimate of drug-likeness (QED) is 0.474. The van der Waals surface area contributed by atoms with E-state index in [0.29, 0.717) is 44.8 Å². The lowest BCUT2D eigenvalue weighted by molar-refractivity contribution is -0.139. The van der Waals surface area contributed by atoms with Crippen molar-refractivity contribution in [1.29, 1.82) is 0 Å². The maximum atomic E-state index is 13.1. The van der Waals surface area contributed by atoms with E-state index in [9.17, 15) is 19.2 Å². The highest BCUT2D eigenvalue weighted by atomic mass is 16.2. The number of primary amides is 1. The van der Waals surface area contributed by atoms with Crippen LogP contribution < -0.4 is 16.7 Å². The summed E-state index contributed by atoms with van der Waals surface area (Å²) in [5.41, 5.74) is 4.81. The molecule has 2 atom stereocenters. The number of carbonyl (C=O) groups is 3. The molecule has 1 fully saturated rings. The summed E-state index contributed by atoms with van der Waals surface area (Å²) in [7, 11) is 0. The first-order valence-electron chi connectivity index (χ1n) is 10.3. The Hall–Kier alpha value is -3.44. The van der Waals surface area contributed by atoms with Crippen LogP contribution in [0.4, 0.5) is 0 Å². The number of aromatic amines is 2. The third kappa shape index (κ3) is 4.23. The fourth-order valence-corrected chi connectivity index (χ4v) is 4.41. The van der Waals surface area contributed by atoms with Gasteiger partial charge in [0, 0.05) is 50.0 Å². The largest absolute Gasteiger partial charge is 0.364 e. The van der Waals surface area contributed by atoms with Crippen LogP contribution in [0, 0.1) is 11.3 Å². The minimum absolute atomic E-state index is 0.000569. The molecule has 2 aliphatic rings. The number of nitrogens with one attached hydrogen (secondary N) is 3. The van der Waals surface area contributed by atoms with Crippen molar-refractivity contribution < 1.29 is 14.4 Å². The van der Waals surface area contributed by atoms with Crippen molar-refractivity contribution in [3.8, 4) is 0 Å². The van der Waals surface area contributed by atoms with Crippen LogP contribution in [0.15, 0.2) is 10.9 Å². The number of hydrogen-bond donors (Lipinski definition) is 4. The summed E-state index contributed by atoms with van der Waals surface area (Å²) in [4.78, 5) is 50.2. The fraction of sp³-hybridized carbons (Fsp3) is 0.579. The van der Waals surface area contributed by atoms with Gasteiger partial charge in [-0.2, -0.15) is 10.2 Å². The minimum atomic E-state index is -0.710. The van der Waals surface area contributed by atoms with Crippen molar-refractivity contribution in [2.24, 2.45) is 17.1 Å². The number of aromatic nitrogens is 5. The average Bonchev–Trinajstić information content (AvgIpc) is 3.39. The lowest BCUT2D eigenvalue weighted by Gasteiger charge is -2.42. The predicted molar refractivity (Wildman–Crippen MR) is 108 cm³/mol. The van der Waals surface area contributed by atoms with E-state index in [-0.39, 0.29) is 40.2 Å². The number of piperidine rings is 1. The van der Waals surface area contributed by atoms with Crippen molar-refractivity contribution in [1.82, 2.24) is 35.2 Å². The van der Waals surface area contributed by atoms with Gasteiger partial charge in [-0.3, -0.25) is 24.0 Å². The Morgan fingerprint density at radius 1 is 1.29 bits per heavy atom. The Bertz CT molecular complexity index is 1070. The molecule has 12 nitrogen and oxygen atoms in total. The Labute approximate surface area is 177 Å². The maximum Gasteiger partial charge on any atom is 0.343 e. The highest BCUT2D eigenvalue weighted by Crippen LogP contribution is 2.31. The molecule has 0 aliphatic carbocycles. The molecule has 31 heavy (non-hydrogen) atoms. The van der Waals surface area contributed by atoms with E-state index in [1.165, 1.54) is 6.07 Å². The molecule has 0 saturated carbocycles. The first-order chi connectivity index (χ1) is 14.8. The molecular formula is C19H26N8O4. The van der Waals surface area contributed by atoms with E-state index in [0.717, 1.165) is 12.8 Å². The maximum absolute atomic E-state index is 13.1. The van der Waals surface area contributed by atoms with E-state index in [1.807, 2.05) is 11.8 Å². The van der Waals surface area contributed by atoms with E-state index in [1.54, 1.807) is 4.57 Å². The van der Waals surface area contributed by atoms with E-state index < -0.39 is 5.91 Å². The number of rotatable bonds is 5. The monoisotopic (exact) mass is 430 g/mol. The average molecular weight is 430 g/mol. The molecule has 1 saturated heterocycles. The highest BCUT2D eigenvalue weighted by molar-refractivity contribution is 5.97. The van der Waals surface area contributed by atoms with E-state index in [2.05, 4.69) is 25.7 Å². The highest BCUT2D eigenvalue weighted by Gasteiger charge is 2.37. The van der Waals surface area contributed by atoms with Crippen LogP contribution in [0.1, 0.15) is 53.0 Å². The first kappa shape index (κ1) is 20.8. The van der Waals surface area contributed by atoms with Crippen LogP contribution in [0.25, 0.3) is 0 Å². The summed E-state index contributed by atoms with van der Waals surface area (Å²) in [5, 5.41) is 15.5. The standard InChI is InChI=1S/C19H26N8O4/c1-19(9-21-16(29)13-8-12(15(20)28)22-23-13)4-2-5-26(10-19)17(30)11-3-6-27-14(7-11)24-25-18(27)31/h8,11H,2-7,9-10H2,1H3,(H2,20,28)(H,21,29)(H,22,23)(H,25,31). The van der Waals surface area contributed by atoms with Gasteiger partial charge in [0.25, 0.3) is 11.8 Å². The number of fused-ring (bicyclic) bond motifs is 1. The Morgan fingerprint density at radius 3 is 2.84 bits per heavy atom. The summed E-state index contributed by atoms with van der Waals surface area (Å²) < 4.78 is 1.58. The van der Waals surface area contributed by atoms with Gasteiger partial charge in [-0.05, 0) is 19.3 Å². The number of nitrogens with zero attached hydrogens (tertiary/aromatic N) is 4. The molecule has 4 rings (SSSR count). The zero-order chi connectivity index (χ0) is 22.2. The molecule has 0 spiro atoms. The molecular weight excluding hydrogens is 404 g/mol. The third-order valence-corrected chi connectivity index (χ3v) is 6.16. The SMILES string of the molecule is CC1(CNC(=O)c2cc(C(N)=O)n[nH]2)CCCN(C(=O)C2CCn3c(n[nH]c3=O)C2)C1. The van der Waals surface area contributed by atoms with Crippen molar-refractivity contribution >= 4 is 17.7 Å². The second-order valence-corrected chi connectivity index (χ2v) is 8.67. The number of nitrogens with two attached hydrogens (primary N) is 1. The van der Waals surface area contributed by atoms with Gasteiger partial charge in [-0.25, -0.2) is 9.89 Å². The predicted octanol–water partition coefficient (Wildman–Crippen LogP) is -0.985. The van der Waals surface area contributed by atoms with Crippen LogP contribution in [-0.4, -0.2) is 67.2 Å². The summed E-state index contributed by atoms with van der Waals surface area (Å²) in [6.07, 6.45) is 2.77. The molecule has 2 aliphatic heterocycles. The van der Waals surface area contributed by atoms with Crippen LogP contribution in [0.2, 0.25) is 0 Å². The van der Waals surface area contributed by atoms with E-state index in [4.69, 9.17) is 5.73 Å². The number of hydrogen-bond acceptors (Lipinski definition) is 6. The van der Waals surface area contributed by atoms with Gasteiger partial charge in [0.1, 0.15) is 11.5 Å². The number of amides is 3. The molecule has 0 aromatic carbocycles. The second kappa shape index (κ2) is 8.00. The van der Waals surface area contributed by atoms with Gasteiger partial charge in [0.2, 0.25) is 5.91 Å². The summed E-state index contributed by atoms with van der Waals surface area (Å²) in [6.45, 7) is 4.12. The smallest absolute Gasteiger partial charge is 0.343 e. The molecule has 5 N–H and O–H groups in total. The molecule has 3 amide bonds. The lowest BCUT2D eigenvalue weighted by atomic mass is 9.81. The fourth-order valence-electron chi connectivity index (χ4n) is 4.41. The molecule has 166 valence electrons. The first-order valence-corrected chi connectivity index (χ1v) is 10.3. The van der Waals surface area contributed by atoms with Crippen molar-refractivity contribution in [3.05, 3.63) is 33.8 Å². The van der Waals surface area contributed by atoms with Crippen LogP contribution >= 0.6 is 0 Å². The van der Waals surface area contributed by atoms with Gasteiger partial charge in [-0.15, -0.1) is 0 Å². The van der Waals surface area contributed by atoms with Crippen LogP contribution in [0.3, 0.4) is 0 Å². The zero-order valence-corrected chi connectivity index (χ0v) is 17.3. The molecule has 4 heterocycles. The topological polar surface area (TPSA) is 172 Å². The number of likely N-dealkylation sites (tertiary alicyclic amines) is 1. The molecule has 2 aromatic rings. The molecule has 0 bridgehead atoms. The molecule has 2 unspecified atom stereocenters. The lowest BCUT2D eigenvalue weighted by Crippen LogP contribution is -2.51. The van der Waals surface area contributed by atoms with Crippen molar-refractivity contribution in [2.45, 2.75) is 39.2 Å². The number of H-pyrrole nitrogens is 2. The molecule has 0 radical (unpaired) electrons. The Kier molecular flexibility index (Phi) is 5.38. The number of carbonyl (C=O) groups excluding carboxylic acids is 3. The Balaban J connectivity index is 1.35. The van der Waals surface area contributed by atoms with Gasteiger partial charge in [0.05, 0.1) is 0 Å². The van der Waals surface area contributed by atoms with Gasteiger partial charge in [-0.1, -0.05) is 6.92 Å². The molecule has 12 heteroatoms. The van der Waals surface area contributed by atoms with E-state index >= 15 is 0 Å². The van der Waals surface area contributed by atoms with Gasteiger partial charge < -0.3 is 16.0 Å². The third-order valence-electron chi connectivity index (χ3n) is 6.16. The minimum Gasteiger partial charge on any atom is -0.364 e. The normalized spacial score (nSPS) is 23.3. The molecule has 2 aromatic heterocycles. The van der Waals surface area contributed by atoms with Crippen LogP contribution in [0.5, 0.6) is 0 Å². The van der Waals surface area contributed by atoms with Gasteiger partial charge in [0.15, 0.2) is 5.69 Å². The Morgan fingerprint density at radius 2 is 2.10 bits per heavy atom. The second-order valence-electron chi connectivity index (χ2n) is 8.67. The summed E-state index contributed by atoms with van der Waals surface area (Å²) in [5.74, 6) is -0.598. The van der Waals surface area contributed by atoms with Crippen molar-refractivity contribution in [3.63, 3.8) is 0 Å². The van der Waals surface area contributed by atoms with Gasteiger partial charge >= 0.3 is 5.69 Å². The summed E-state index contributed by atoms with van der Waals surface area (Å²) in [6, 6.07) is 1.31. The zero-order valence-electron chi connectivity index (χ0n) is 17.3. The summed E-state index contributed by atoms with van der Waals surface area (Å²) >= 11 is 0. The van der Waals surface area contributed by atoms with Crippen LogP contribution in [-0.2, 0) is 17.8 Å². The van der Waals surface area contributed by atoms with Crippen molar-refractivity contribution in [2.75, 3.05) is 19.6 Å².